The van der Waals surface area contributed by atoms with Crippen molar-refractivity contribution in [3.8, 4) is 0 Å². The first kappa shape index (κ1) is 22.8. The number of fused-ring (bicyclic) bond motifs is 1. The molecule has 1 amide bonds. The highest BCUT2D eigenvalue weighted by atomic mass is 32.2. The van der Waals surface area contributed by atoms with Gasteiger partial charge in [-0.05, 0) is 76.0 Å². The van der Waals surface area contributed by atoms with Gasteiger partial charge in [0.1, 0.15) is 0 Å². The number of nitrogens with zero attached hydrogens (tertiary/aromatic N) is 2. The Balaban J connectivity index is 1.99. The molecule has 0 spiro atoms. The average Bonchev–Trinajstić information content (AvgIpc) is 2.99. The van der Waals surface area contributed by atoms with Gasteiger partial charge in [0.2, 0.25) is 15.9 Å². The van der Waals surface area contributed by atoms with Gasteiger partial charge in [-0.2, -0.15) is 0 Å². The zero-order valence-electron chi connectivity index (χ0n) is 17.7. The zero-order chi connectivity index (χ0) is 20.7. The number of rotatable bonds is 11. The quantitative estimate of drug-likeness (QED) is 0.570. The minimum absolute atomic E-state index is 0.0662. The van der Waals surface area contributed by atoms with Gasteiger partial charge in [-0.1, -0.05) is 20.8 Å². The Morgan fingerprint density at radius 2 is 1.86 bits per heavy atom. The number of nitrogens with one attached hydrogen (secondary N) is 1. The molecule has 1 aliphatic heterocycles. The minimum Gasteiger partial charge on any atom is -0.309 e. The summed E-state index contributed by atoms with van der Waals surface area (Å²) in [6.45, 7) is 11.6. The van der Waals surface area contributed by atoms with Gasteiger partial charge >= 0.3 is 0 Å². The molecular formula is C21H35N3O3S. The van der Waals surface area contributed by atoms with Crippen LogP contribution in [0.15, 0.2) is 23.1 Å². The predicted octanol–water partition coefficient (Wildman–Crippen LogP) is 3.16. The van der Waals surface area contributed by atoms with Crippen molar-refractivity contribution in [3.63, 3.8) is 0 Å². The number of carbonyl (C=O) groups is 1. The summed E-state index contributed by atoms with van der Waals surface area (Å²) in [4.78, 5) is 16.6. The first-order valence-corrected chi connectivity index (χ1v) is 12.0. The van der Waals surface area contributed by atoms with Crippen LogP contribution in [0.4, 0.5) is 5.69 Å². The minimum atomic E-state index is -3.54. The van der Waals surface area contributed by atoms with E-state index in [1.807, 2.05) is 13.8 Å². The third kappa shape index (κ3) is 5.55. The van der Waals surface area contributed by atoms with Crippen molar-refractivity contribution >= 4 is 21.6 Å². The fourth-order valence-electron chi connectivity index (χ4n) is 3.89. The van der Waals surface area contributed by atoms with Gasteiger partial charge in [0.05, 0.1) is 4.90 Å². The van der Waals surface area contributed by atoms with Crippen LogP contribution in [0.1, 0.15) is 58.9 Å². The van der Waals surface area contributed by atoms with Crippen LogP contribution in [0.5, 0.6) is 0 Å². The summed E-state index contributed by atoms with van der Waals surface area (Å²) < 4.78 is 28.1. The van der Waals surface area contributed by atoms with Crippen LogP contribution < -0.4 is 9.62 Å². The summed E-state index contributed by atoms with van der Waals surface area (Å²) in [7, 11) is -3.54. The molecule has 28 heavy (non-hydrogen) atoms. The van der Waals surface area contributed by atoms with Crippen LogP contribution in [0.3, 0.4) is 0 Å². The molecule has 0 aromatic heterocycles. The van der Waals surface area contributed by atoms with Gasteiger partial charge in [0.15, 0.2) is 0 Å². The van der Waals surface area contributed by atoms with Gasteiger partial charge in [-0.25, -0.2) is 13.1 Å². The summed E-state index contributed by atoms with van der Waals surface area (Å²) in [5, 5.41) is 0. The van der Waals surface area contributed by atoms with Gasteiger partial charge in [-0.15, -0.1) is 0 Å². The molecule has 158 valence electrons. The number of carbonyl (C=O) groups excluding carboxylic acids is 1. The first-order chi connectivity index (χ1) is 13.3. The van der Waals surface area contributed by atoms with Crippen molar-refractivity contribution < 1.29 is 13.2 Å². The Labute approximate surface area is 170 Å². The van der Waals surface area contributed by atoms with Gasteiger partial charge in [0, 0.05) is 24.7 Å². The molecule has 0 aliphatic carbocycles. The third-order valence-corrected chi connectivity index (χ3v) is 6.63. The lowest BCUT2D eigenvalue weighted by Gasteiger charge is -2.22. The van der Waals surface area contributed by atoms with Crippen LogP contribution in [0, 0.1) is 0 Å². The summed E-state index contributed by atoms with van der Waals surface area (Å²) in [5.41, 5.74) is 1.77. The average molecular weight is 410 g/mol. The molecule has 1 aromatic rings. The monoisotopic (exact) mass is 409 g/mol. The van der Waals surface area contributed by atoms with E-state index in [1.165, 1.54) is 0 Å². The molecule has 7 heteroatoms. The first-order valence-electron chi connectivity index (χ1n) is 10.5. The number of amides is 1. The number of anilines is 1. The Hall–Kier alpha value is -1.44. The van der Waals surface area contributed by atoms with Crippen LogP contribution in [-0.2, 0) is 21.2 Å². The summed E-state index contributed by atoms with van der Waals surface area (Å²) >= 11 is 0. The molecule has 1 atom stereocenters. The molecule has 0 unspecified atom stereocenters. The van der Waals surface area contributed by atoms with E-state index < -0.39 is 10.0 Å². The largest absolute Gasteiger partial charge is 0.309 e. The SMILES string of the molecule is CCCN(CCC)CCCNS(=O)(=O)c1ccc2c(c1)C[C@@H](C)N2C(=O)CC. The van der Waals surface area contributed by atoms with Crippen molar-refractivity contribution in [1.82, 2.24) is 9.62 Å². The number of hydrogen-bond donors (Lipinski definition) is 1. The van der Waals surface area contributed by atoms with E-state index >= 15 is 0 Å². The fraction of sp³-hybridized carbons (Fsp3) is 0.667. The predicted molar refractivity (Wildman–Crippen MR) is 114 cm³/mol. The van der Waals surface area contributed by atoms with E-state index in [2.05, 4.69) is 23.5 Å². The molecule has 0 radical (unpaired) electrons. The second-order valence-corrected chi connectivity index (χ2v) is 9.32. The van der Waals surface area contributed by atoms with Crippen molar-refractivity contribution in [2.24, 2.45) is 0 Å². The van der Waals surface area contributed by atoms with Crippen molar-refractivity contribution in [2.45, 2.75) is 70.7 Å². The highest BCUT2D eigenvalue weighted by Gasteiger charge is 2.31. The Morgan fingerprint density at radius 1 is 1.18 bits per heavy atom. The number of sulfonamides is 1. The molecule has 1 aliphatic rings. The Morgan fingerprint density at radius 3 is 2.46 bits per heavy atom. The maximum absolute atomic E-state index is 12.7. The maximum atomic E-state index is 12.7. The molecule has 6 nitrogen and oxygen atoms in total. The van der Waals surface area contributed by atoms with Crippen LogP contribution >= 0.6 is 0 Å². The molecule has 1 N–H and O–H groups in total. The Kier molecular flexibility index (Phi) is 8.46. The molecule has 0 saturated carbocycles. The van der Waals surface area contributed by atoms with Crippen molar-refractivity contribution in [1.29, 1.82) is 0 Å². The van der Waals surface area contributed by atoms with E-state index in [4.69, 9.17) is 0 Å². The van der Waals surface area contributed by atoms with E-state index in [1.54, 1.807) is 23.1 Å². The maximum Gasteiger partial charge on any atom is 0.240 e. The number of benzene rings is 1. The van der Waals surface area contributed by atoms with Gasteiger partial charge in [-0.3, -0.25) is 4.79 Å². The summed E-state index contributed by atoms with van der Waals surface area (Å²) in [5.74, 6) is 0.0729. The molecular weight excluding hydrogens is 374 g/mol. The van der Waals surface area contributed by atoms with Crippen molar-refractivity contribution in [2.75, 3.05) is 31.1 Å². The lowest BCUT2D eigenvalue weighted by atomic mass is 10.1. The molecule has 0 saturated heterocycles. The number of hydrogen-bond acceptors (Lipinski definition) is 4. The standard InChI is InChI=1S/C21H35N3O3S/c1-5-12-23(13-6-2)14-8-11-22-28(26,27)19-9-10-20-18(16-19)15-17(4)24(20)21(25)7-3/h9-10,16-17,22H,5-8,11-15H2,1-4H3/t17-/m1/s1. The van der Waals surface area contributed by atoms with Crippen molar-refractivity contribution in [3.05, 3.63) is 23.8 Å². The normalized spacial score (nSPS) is 16.6. The van der Waals surface area contributed by atoms with Gasteiger partial charge in [0.25, 0.3) is 0 Å². The molecule has 0 fully saturated rings. The van der Waals surface area contributed by atoms with E-state index in [0.29, 0.717) is 19.4 Å². The van der Waals surface area contributed by atoms with Crippen LogP contribution in [0.2, 0.25) is 0 Å². The Bertz CT molecular complexity index is 758. The second kappa shape index (κ2) is 10.4. The smallest absolute Gasteiger partial charge is 0.240 e. The molecule has 1 heterocycles. The zero-order valence-corrected chi connectivity index (χ0v) is 18.5. The van der Waals surface area contributed by atoms with E-state index in [-0.39, 0.29) is 16.8 Å². The highest BCUT2D eigenvalue weighted by Crippen LogP contribution is 2.34. The second-order valence-electron chi connectivity index (χ2n) is 7.55. The molecule has 2 rings (SSSR count). The van der Waals surface area contributed by atoms with Crippen LogP contribution in [0.25, 0.3) is 0 Å². The van der Waals surface area contributed by atoms with E-state index in [0.717, 1.165) is 50.1 Å². The van der Waals surface area contributed by atoms with Crippen LogP contribution in [-0.4, -0.2) is 51.4 Å². The summed E-state index contributed by atoms with van der Waals surface area (Å²) in [6, 6.07) is 5.16. The highest BCUT2D eigenvalue weighted by molar-refractivity contribution is 7.89. The molecule has 1 aromatic carbocycles. The van der Waals surface area contributed by atoms with Gasteiger partial charge < -0.3 is 9.80 Å². The van der Waals surface area contributed by atoms with E-state index in [9.17, 15) is 13.2 Å². The third-order valence-electron chi connectivity index (χ3n) is 5.17. The fourth-order valence-corrected chi connectivity index (χ4v) is 5.01. The topological polar surface area (TPSA) is 69.7 Å². The molecule has 0 bridgehead atoms. The lowest BCUT2D eigenvalue weighted by Crippen LogP contribution is -2.35. The lowest BCUT2D eigenvalue weighted by molar-refractivity contribution is -0.118. The summed E-state index contributed by atoms with van der Waals surface area (Å²) in [6.07, 6.45) is 4.14.